The molecule has 0 bridgehead atoms. The summed E-state index contributed by atoms with van der Waals surface area (Å²) in [5.74, 6) is 0. The van der Waals surface area contributed by atoms with Crippen LogP contribution in [0.4, 0.5) is 0 Å². The minimum absolute atomic E-state index is 0.365. The Morgan fingerprint density at radius 2 is 0.500 bits per heavy atom. The first-order valence-electron chi connectivity index (χ1n) is 16.9. The van der Waals surface area contributed by atoms with E-state index in [2.05, 4.69) is 0 Å². The van der Waals surface area contributed by atoms with Crippen molar-refractivity contribution < 1.29 is 13.3 Å². The summed E-state index contributed by atoms with van der Waals surface area (Å²) >= 11 is 0. The van der Waals surface area contributed by atoms with E-state index in [1.807, 2.05) is 0 Å². The van der Waals surface area contributed by atoms with E-state index in [1.165, 1.54) is 180 Å². The molecule has 0 atom stereocenters. The summed E-state index contributed by atoms with van der Waals surface area (Å²) in [5.41, 5.74) is 0.527. The SMILES string of the molecule is C1CCCC(O[Si](OC2CCCCCCC2)(OC2CCCCCCC2)C2CCCCCCC2)CCC1. The van der Waals surface area contributed by atoms with Gasteiger partial charge < -0.3 is 13.3 Å². The second-order valence-electron chi connectivity index (χ2n) is 12.9. The van der Waals surface area contributed by atoms with Crippen molar-refractivity contribution in [1.29, 1.82) is 0 Å². The Balaban J connectivity index is 1.60. The zero-order valence-electron chi connectivity index (χ0n) is 23.8. The first-order chi connectivity index (χ1) is 17.8. The molecule has 36 heavy (non-hydrogen) atoms. The van der Waals surface area contributed by atoms with Crippen LogP contribution in [0, 0.1) is 0 Å². The third-order valence-corrected chi connectivity index (χ3v) is 13.3. The fourth-order valence-corrected chi connectivity index (χ4v) is 11.4. The molecule has 0 N–H and O–H groups in total. The summed E-state index contributed by atoms with van der Waals surface area (Å²) in [4.78, 5) is 0. The molecule has 0 aliphatic heterocycles. The molecule has 0 amide bonds. The molecule has 0 unspecified atom stereocenters. The predicted molar refractivity (Wildman–Crippen MR) is 153 cm³/mol. The van der Waals surface area contributed by atoms with Crippen molar-refractivity contribution in [2.24, 2.45) is 0 Å². The van der Waals surface area contributed by atoms with Crippen LogP contribution >= 0.6 is 0 Å². The standard InChI is InChI=1S/C32H60O3Si/c1-5-13-21-29(22-14-6-1)33-36(32-27-19-11-4-12-20-28-32,34-30-23-15-7-2-8-16-24-30)35-31-25-17-9-3-10-18-26-31/h29-32H,1-28H2. The first-order valence-corrected chi connectivity index (χ1v) is 18.7. The highest BCUT2D eigenvalue weighted by atomic mass is 28.4. The highest BCUT2D eigenvalue weighted by Gasteiger charge is 2.53. The van der Waals surface area contributed by atoms with Crippen molar-refractivity contribution in [3.05, 3.63) is 0 Å². The Labute approximate surface area is 225 Å². The van der Waals surface area contributed by atoms with E-state index < -0.39 is 8.80 Å². The Morgan fingerprint density at radius 1 is 0.278 bits per heavy atom. The van der Waals surface area contributed by atoms with Gasteiger partial charge in [0.05, 0.1) is 0 Å². The lowest BCUT2D eigenvalue weighted by atomic mass is 9.99. The molecule has 0 saturated heterocycles. The minimum atomic E-state index is -2.83. The maximum absolute atomic E-state index is 7.49. The summed E-state index contributed by atoms with van der Waals surface area (Å²) in [7, 11) is -2.83. The van der Waals surface area contributed by atoms with Crippen LogP contribution in [0.15, 0.2) is 0 Å². The lowest BCUT2D eigenvalue weighted by molar-refractivity contribution is -0.0433. The van der Waals surface area contributed by atoms with Gasteiger partial charge in [-0.3, -0.25) is 0 Å². The van der Waals surface area contributed by atoms with Gasteiger partial charge in [0.15, 0.2) is 0 Å². The molecule has 4 heteroatoms. The van der Waals surface area contributed by atoms with Crippen LogP contribution in [-0.2, 0) is 13.3 Å². The molecule has 0 radical (unpaired) electrons. The van der Waals surface area contributed by atoms with Crippen LogP contribution in [0.1, 0.15) is 180 Å². The molecule has 0 aromatic carbocycles. The van der Waals surface area contributed by atoms with Gasteiger partial charge in [-0.15, -0.1) is 0 Å². The second kappa shape index (κ2) is 16.9. The van der Waals surface area contributed by atoms with E-state index in [4.69, 9.17) is 13.3 Å². The Morgan fingerprint density at radius 3 is 0.778 bits per heavy atom. The summed E-state index contributed by atoms with van der Waals surface area (Å²) in [6, 6.07) is 0. The largest absolute Gasteiger partial charge is 0.504 e. The zero-order valence-corrected chi connectivity index (χ0v) is 24.8. The maximum atomic E-state index is 7.49. The first kappa shape index (κ1) is 29.1. The van der Waals surface area contributed by atoms with Gasteiger partial charge in [-0.2, -0.15) is 0 Å². The topological polar surface area (TPSA) is 27.7 Å². The van der Waals surface area contributed by atoms with Gasteiger partial charge in [0.25, 0.3) is 0 Å². The predicted octanol–water partition coefficient (Wildman–Crippen LogP) is 10.4. The van der Waals surface area contributed by atoms with Crippen molar-refractivity contribution in [2.45, 2.75) is 204 Å². The third kappa shape index (κ3) is 10.0. The van der Waals surface area contributed by atoms with Gasteiger partial charge in [0.2, 0.25) is 0 Å². The Hall–Kier alpha value is 0.0969. The van der Waals surface area contributed by atoms with Gasteiger partial charge >= 0.3 is 8.80 Å². The highest BCUT2D eigenvalue weighted by Crippen LogP contribution is 2.42. The lowest BCUT2D eigenvalue weighted by Crippen LogP contribution is -2.56. The average molecular weight is 521 g/mol. The van der Waals surface area contributed by atoms with Crippen molar-refractivity contribution in [1.82, 2.24) is 0 Å². The molecule has 0 aromatic rings. The molecule has 4 aliphatic rings. The summed E-state index contributed by atoms with van der Waals surface area (Å²) in [6.45, 7) is 0. The zero-order chi connectivity index (χ0) is 24.7. The van der Waals surface area contributed by atoms with Gasteiger partial charge in [-0.25, -0.2) is 0 Å². The number of hydrogen-bond acceptors (Lipinski definition) is 3. The van der Waals surface area contributed by atoms with E-state index in [9.17, 15) is 0 Å². The fourth-order valence-electron chi connectivity index (χ4n) is 7.49. The minimum Gasteiger partial charge on any atom is -0.370 e. The van der Waals surface area contributed by atoms with Gasteiger partial charge in [-0.1, -0.05) is 128 Å². The molecule has 4 aliphatic carbocycles. The van der Waals surface area contributed by atoms with E-state index in [-0.39, 0.29) is 0 Å². The van der Waals surface area contributed by atoms with Crippen LogP contribution in [0.3, 0.4) is 0 Å². The molecule has 4 rings (SSSR count). The van der Waals surface area contributed by atoms with E-state index >= 15 is 0 Å². The molecular weight excluding hydrogens is 460 g/mol. The van der Waals surface area contributed by atoms with E-state index in [0.717, 1.165) is 0 Å². The van der Waals surface area contributed by atoms with Gasteiger partial charge in [0, 0.05) is 23.9 Å². The normalized spacial score (nSPS) is 27.0. The molecule has 4 saturated carbocycles. The Bertz CT molecular complexity index is 478. The fraction of sp³-hybridized carbons (Fsp3) is 1.00. The summed E-state index contributed by atoms with van der Waals surface area (Å²) in [6.07, 6.45) is 38.3. The molecule has 0 heterocycles. The number of rotatable bonds is 7. The molecule has 0 spiro atoms. The van der Waals surface area contributed by atoms with Crippen LogP contribution in [-0.4, -0.2) is 27.1 Å². The van der Waals surface area contributed by atoms with Crippen LogP contribution in [0.5, 0.6) is 0 Å². The highest BCUT2D eigenvalue weighted by molar-refractivity contribution is 6.62. The lowest BCUT2D eigenvalue weighted by Gasteiger charge is -2.44. The van der Waals surface area contributed by atoms with Gasteiger partial charge in [0.1, 0.15) is 0 Å². The van der Waals surface area contributed by atoms with Crippen LogP contribution in [0.25, 0.3) is 0 Å². The number of hydrogen-bond donors (Lipinski definition) is 0. The molecular formula is C32H60O3Si. The van der Waals surface area contributed by atoms with Crippen molar-refractivity contribution in [2.75, 3.05) is 0 Å². The van der Waals surface area contributed by atoms with E-state index in [1.54, 1.807) is 0 Å². The van der Waals surface area contributed by atoms with Crippen molar-refractivity contribution in [3.63, 3.8) is 0 Å². The summed E-state index contributed by atoms with van der Waals surface area (Å²) in [5, 5.41) is 0. The quantitative estimate of drug-likeness (QED) is 0.312. The van der Waals surface area contributed by atoms with E-state index in [0.29, 0.717) is 23.9 Å². The summed E-state index contributed by atoms with van der Waals surface area (Å²) < 4.78 is 22.5. The van der Waals surface area contributed by atoms with Gasteiger partial charge in [-0.05, 0) is 51.4 Å². The Kier molecular flexibility index (Phi) is 13.7. The van der Waals surface area contributed by atoms with Crippen LogP contribution in [0.2, 0.25) is 5.54 Å². The maximum Gasteiger partial charge on any atom is 0.504 e. The van der Waals surface area contributed by atoms with Crippen molar-refractivity contribution in [3.8, 4) is 0 Å². The smallest absolute Gasteiger partial charge is 0.370 e. The second-order valence-corrected chi connectivity index (χ2v) is 15.6. The molecule has 4 fully saturated rings. The average Bonchev–Trinajstić information content (AvgIpc) is 2.79. The third-order valence-electron chi connectivity index (χ3n) is 9.75. The van der Waals surface area contributed by atoms with Crippen molar-refractivity contribution >= 4 is 8.80 Å². The van der Waals surface area contributed by atoms with Crippen LogP contribution < -0.4 is 0 Å². The monoisotopic (exact) mass is 520 g/mol. The molecule has 3 nitrogen and oxygen atoms in total. The molecule has 0 aromatic heterocycles. The molecule has 210 valence electrons.